The number of ether oxygens (including phenoxy) is 1. The van der Waals surface area contributed by atoms with E-state index in [0.717, 1.165) is 5.56 Å². The first-order valence-electron chi connectivity index (χ1n) is 5.67. The van der Waals surface area contributed by atoms with E-state index in [2.05, 4.69) is 0 Å². The second kappa shape index (κ2) is 6.24. The van der Waals surface area contributed by atoms with E-state index in [1.165, 1.54) is 18.2 Å². The SMILES string of the molecule is NCC(Oc1ccc(F)cc1Cl)c1cccc(Cl)c1. The first-order valence-corrected chi connectivity index (χ1v) is 6.43. The van der Waals surface area contributed by atoms with E-state index in [4.69, 9.17) is 33.7 Å². The lowest BCUT2D eigenvalue weighted by Gasteiger charge is -2.19. The summed E-state index contributed by atoms with van der Waals surface area (Å²) in [6.07, 6.45) is -0.387. The van der Waals surface area contributed by atoms with Crippen molar-refractivity contribution in [1.29, 1.82) is 0 Å². The van der Waals surface area contributed by atoms with Crippen LogP contribution in [0.4, 0.5) is 4.39 Å². The van der Waals surface area contributed by atoms with E-state index in [-0.39, 0.29) is 17.7 Å². The van der Waals surface area contributed by atoms with Gasteiger partial charge in [-0.05, 0) is 35.9 Å². The van der Waals surface area contributed by atoms with Gasteiger partial charge in [-0.2, -0.15) is 0 Å². The van der Waals surface area contributed by atoms with Crippen LogP contribution in [0.25, 0.3) is 0 Å². The third kappa shape index (κ3) is 3.60. The summed E-state index contributed by atoms with van der Waals surface area (Å²) in [5, 5.41) is 0.810. The second-order valence-corrected chi connectivity index (χ2v) is 4.82. The molecule has 0 fully saturated rings. The maximum atomic E-state index is 13.0. The van der Waals surface area contributed by atoms with Crippen molar-refractivity contribution in [2.45, 2.75) is 6.10 Å². The number of halogens is 3. The highest BCUT2D eigenvalue weighted by molar-refractivity contribution is 6.32. The van der Waals surface area contributed by atoms with Crippen LogP contribution in [0, 0.1) is 5.82 Å². The zero-order chi connectivity index (χ0) is 13.8. The summed E-state index contributed by atoms with van der Waals surface area (Å²) in [4.78, 5) is 0. The largest absolute Gasteiger partial charge is 0.483 e. The summed E-state index contributed by atoms with van der Waals surface area (Å²) < 4.78 is 18.7. The molecular formula is C14H12Cl2FNO. The highest BCUT2D eigenvalue weighted by Crippen LogP contribution is 2.30. The molecule has 0 amide bonds. The lowest BCUT2D eigenvalue weighted by atomic mass is 10.1. The molecule has 0 saturated carbocycles. The molecule has 2 nitrogen and oxygen atoms in total. The minimum atomic E-state index is -0.413. The van der Waals surface area contributed by atoms with E-state index in [0.29, 0.717) is 10.8 Å². The lowest BCUT2D eigenvalue weighted by molar-refractivity contribution is 0.214. The molecule has 0 saturated heterocycles. The van der Waals surface area contributed by atoms with Crippen LogP contribution >= 0.6 is 23.2 Å². The Bertz CT molecular complexity index is 577. The summed E-state index contributed by atoms with van der Waals surface area (Å²) in [6, 6.07) is 11.2. The topological polar surface area (TPSA) is 35.2 Å². The highest BCUT2D eigenvalue weighted by atomic mass is 35.5. The van der Waals surface area contributed by atoms with Crippen molar-refractivity contribution in [1.82, 2.24) is 0 Å². The summed E-state index contributed by atoms with van der Waals surface area (Å²) >= 11 is 11.8. The molecule has 100 valence electrons. The van der Waals surface area contributed by atoms with Crippen molar-refractivity contribution in [2.75, 3.05) is 6.54 Å². The van der Waals surface area contributed by atoms with Crippen LogP contribution < -0.4 is 10.5 Å². The van der Waals surface area contributed by atoms with Gasteiger partial charge < -0.3 is 10.5 Å². The van der Waals surface area contributed by atoms with Crippen LogP contribution in [0.5, 0.6) is 5.75 Å². The van der Waals surface area contributed by atoms with Crippen molar-refractivity contribution in [3.05, 3.63) is 63.9 Å². The maximum Gasteiger partial charge on any atom is 0.139 e. The van der Waals surface area contributed by atoms with Gasteiger partial charge in [-0.25, -0.2) is 4.39 Å². The molecule has 19 heavy (non-hydrogen) atoms. The van der Waals surface area contributed by atoms with Crippen LogP contribution in [-0.2, 0) is 0 Å². The summed E-state index contributed by atoms with van der Waals surface area (Å²) in [5.74, 6) is -0.0251. The van der Waals surface area contributed by atoms with E-state index < -0.39 is 5.82 Å². The van der Waals surface area contributed by atoms with Crippen LogP contribution in [0.15, 0.2) is 42.5 Å². The molecular weight excluding hydrogens is 288 g/mol. The summed E-state index contributed by atoms with van der Waals surface area (Å²) in [5.41, 5.74) is 6.54. The second-order valence-electron chi connectivity index (χ2n) is 3.97. The normalized spacial score (nSPS) is 12.2. The average molecular weight is 300 g/mol. The van der Waals surface area contributed by atoms with E-state index >= 15 is 0 Å². The minimum Gasteiger partial charge on any atom is -0.483 e. The minimum absolute atomic E-state index is 0.209. The Hall–Kier alpha value is -1.29. The molecule has 5 heteroatoms. The van der Waals surface area contributed by atoms with Crippen LogP contribution in [0.3, 0.4) is 0 Å². The van der Waals surface area contributed by atoms with Gasteiger partial charge in [0.2, 0.25) is 0 Å². The molecule has 2 aromatic rings. The number of nitrogens with two attached hydrogens (primary N) is 1. The van der Waals surface area contributed by atoms with Gasteiger partial charge in [-0.3, -0.25) is 0 Å². The number of benzene rings is 2. The molecule has 0 aliphatic carbocycles. The predicted molar refractivity (Wildman–Crippen MR) is 75.3 cm³/mol. The van der Waals surface area contributed by atoms with Gasteiger partial charge >= 0.3 is 0 Å². The highest BCUT2D eigenvalue weighted by Gasteiger charge is 2.14. The molecule has 0 radical (unpaired) electrons. The molecule has 2 N–H and O–H groups in total. The lowest BCUT2D eigenvalue weighted by Crippen LogP contribution is -2.18. The molecule has 0 aliphatic heterocycles. The molecule has 1 atom stereocenters. The zero-order valence-electron chi connectivity index (χ0n) is 9.95. The number of hydrogen-bond donors (Lipinski definition) is 1. The number of hydrogen-bond acceptors (Lipinski definition) is 2. The fourth-order valence-electron chi connectivity index (χ4n) is 1.68. The van der Waals surface area contributed by atoms with Gasteiger partial charge in [0.05, 0.1) is 5.02 Å². The molecule has 0 aliphatic rings. The van der Waals surface area contributed by atoms with Crippen LogP contribution in [-0.4, -0.2) is 6.54 Å². The fourth-order valence-corrected chi connectivity index (χ4v) is 2.09. The smallest absolute Gasteiger partial charge is 0.139 e. The van der Waals surface area contributed by atoms with Gasteiger partial charge in [0.15, 0.2) is 0 Å². The predicted octanol–water partition coefficient (Wildman–Crippen LogP) is 4.21. The Morgan fingerprint density at radius 2 is 1.95 bits per heavy atom. The third-order valence-electron chi connectivity index (χ3n) is 2.60. The van der Waals surface area contributed by atoms with E-state index in [1.807, 2.05) is 12.1 Å². The number of rotatable bonds is 4. The Balaban J connectivity index is 2.24. The van der Waals surface area contributed by atoms with Crippen molar-refractivity contribution in [3.8, 4) is 5.75 Å². The van der Waals surface area contributed by atoms with Gasteiger partial charge in [-0.1, -0.05) is 35.3 Å². The first-order chi connectivity index (χ1) is 9.10. The average Bonchev–Trinajstić information content (AvgIpc) is 2.38. The van der Waals surface area contributed by atoms with Crippen molar-refractivity contribution < 1.29 is 9.13 Å². The molecule has 2 rings (SSSR count). The Labute approximate surface area is 120 Å². The van der Waals surface area contributed by atoms with Crippen LogP contribution in [0.2, 0.25) is 10.0 Å². The molecule has 2 aromatic carbocycles. The fraction of sp³-hybridized carbons (Fsp3) is 0.143. The van der Waals surface area contributed by atoms with Crippen LogP contribution in [0.1, 0.15) is 11.7 Å². The first kappa shape index (κ1) is 14.1. The van der Waals surface area contributed by atoms with Crippen molar-refractivity contribution >= 4 is 23.2 Å². The summed E-state index contributed by atoms with van der Waals surface area (Å²) in [7, 11) is 0. The van der Waals surface area contributed by atoms with Gasteiger partial charge in [-0.15, -0.1) is 0 Å². The Morgan fingerprint density at radius 3 is 2.58 bits per heavy atom. The third-order valence-corrected chi connectivity index (χ3v) is 3.13. The Morgan fingerprint density at radius 1 is 1.16 bits per heavy atom. The van der Waals surface area contributed by atoms with Gasteiger partial charge in [0.1, 0.15) is 17.7 Å². The molecule has 0 heterocycles. The van der Waals surface area contributed by atoms with Gasteiger partial charge in [0.25, 0.3) is 0 Å². The van der Waals surface area contributed by atoms with Gasteiger partial charge in [0, 0.05) is 11.6 Å². The van der Waals surface area contributed by atoms with Crippen molar-refractivity contribution in [3.63, 3.8) is 0 Å². The maximum absolute atomic E-state index is 13.0. The van der Waals surface area contributed by atoms with Crippen molar-refractivity contribution in [2.24, 2.45) is 5.73 Å². The van der Waals surface area contributed by atoms with E-state index in [9.17, 15) is 4.39 Å². The quantitative estimate of drug-likeness (QED) is 0.918. The zero-order valence-corrected chi connectivity index (χ0v) is 11.5. The molecule has 0 spiro atoms. The molecule has 0 aromatic heterocycles. The monoisotopic (exact) mass is 299 g/mol. The molecule has 1 unspecified atom stereocenters. The van der Waals surface area contributed by atoms with E-state index in [1.54, 1.807) is 12.1 Å². The Kier molecular flexibility index (Phi) is 4.64. The molecule has 0 bridgehead atoms. The standard InChI is InChI=1S/C14H12Cl2FNO/c15-10-3-1-2-9(6-10)14(8-18)19-13-5-4-11(17)7-12(13)16/h1-7,14H,8,18H2. The summed E-state index contributed by atoms with van der Waals surface area (Å²) in [6.45, 7) is 0.258.